The number of benzene rings is 1. The van der Waals surface area contributed by atoms with Crippen LogP contribution >= 0.6 is 0 Å². The Morgan fingerprint density at radius 3 is 1.89 bits per heavy atom. The van der Waals surface area contributed by atoms with Gasteiger partial charge >= 0.3 is 0 Å². The van der Waals surface area contributed by atoms with Gasteiger partial charge < -0.3 is 9.47 Å². The maximum atomic E-state index is 5.70. The van der Waals surface area contributed by atoms with Crippen LogP contribution in [0.5, 0.6) is 11.8 Å². The van der Waals surface area contributed by atoms with Crippen molar-refractivity contribution in [1.82, 2.24) is 9.97 Å². The molecule has 2 aromatic rings. The van der Waals surface area contributed by atoms with Gasteiger partial charge in [0.25, 0.3) is 0 Å². The van der Waals surface area contributed by atoms with Gasteiger partial charge in [0.15, 0.2) is 5.82 Å². The second-order valence-electron chi connectivity index (χ2n) is 6.49. The third-order valence-electron chi connectivity index (χ3n) is 4.74. The lowest BCUT2D eigenvalue weighted by Crippen LogP contribution is -2.06. The SMILES string of the molecule is CCC=C(CCC)c1c(OC)nc(-c2c(CC)cccc2CC)nc1OC. The Balaban J connectivity index is 2.76. The van der Waals surface area contributed by atoms with Crippen molar-refractivity contribution in [3.05, 3.63) is 41.0 Å². The lowest BCUT2D eigenvalue weighted by atomic mass is 9.96. The molecule has 4 nitrogen and oxygen atoms in total. The summed E-state index contributed by atoms with van der Waals surface area (Å²) in [6, 6.07) is 6.39. The average molecular weight is 369 g/mol. The van der Waals surface area contributed by atoms with Crippen molar-refractivity contribution in [3.8, 4) is 23.1 Å². The molecular formula is C23H32N2O2. The minimum Gasteiger partial charge on any atom is -0.480 e. The zero-order valence-corrected chi connectivity index (χ0v) is 17.6. The number of ether oxygens (including phenoxy) is 2. The highest BCUT2D eigenvalue weighted by Gasteiger charge is 2.22. The maximum absolute atomic E-state index is 5.70. The van der Waals surface area contributed by atoms with E-state index in [1.54, 1.807) is 14.2 Å². The molecule has 0 aliphatic heterocycles. The van der Waals surface area contributed by atoms with Crippen molar-refractivity contribution in [1.29, 1.82) is 0 Å². The molecule has 146 valence electrons. The van der Waals surface area contributed by atoms with E-state index in [1.165, 1.54) is 16.7 Å². The van der Waals surface area contributed by atoms with E-state index in [2.05, 4.69) is 52.0 Å². The van der Waals surface area contributed by atoms with Gasteiger partial charge in [0, 0.05) is 5.56 Å². The zero-order chi connectivity index (χ0) is 19.8. The van der Waals surface area contributed by atoms with Crippen molar-refractivity contribution in [2.75, 3.05) is 14.2 Å². The van der Waals surface area contributed by atoms with E-state index in [4.69, 9.17) is 19.4 Å². The summed E-state index contributed by atoms with van der Waals surface area (Å²) in [7, 11) is 3.33. The van der Waals surface area contributed by atoms with Crippen LogP contribution in [0, 0.1) is 0 Å². The fourth-order valence-electron chi connectivity index (χ4n) is 3.48. The second kappa shape index (κ2) is 10.1. The van der Waals surface area contributed by atoms with Crippen LogP contribution in [0.2, 0.25) is 0 Å². The molecule has 0 saturated heterocycles. The highest BCUT2D eigenvalue weighted by molar-refractivity contribution is 5.75. The first-order valence-electron chi connectivity index (χ1n) is 9.95. The standard InChI is InChI=1S/C23H32N2O2/c1-7-12-18(13-8-2)20-22(26-5)24-21(25-23(20)27-6)19-16(9-3)14-11-15-17(19)10-4/h11-12,14-15H,7-10,13H2,1-6H3. The molecule has 1 aromatic heterocycles. The van der Waals surface area contributed by atoms with Crippen LogP contribution in [0.4, 0.5) is 0 Å². The third-order valence-corrected chi connectivity index (χ3v) is 4.74. The van der Waals surface area contributed by atoms with E-state index in [-0.39, 0.29) is 0 Å². The quantitative estimate of drug-likeness (QED) is 0.554. The zero-order valence-electron chi connectivity index (χ0n) is 17.6. The molecule has 0 saturated carbocycles. The summed E-state index contributed by atoms with van der Waals surface area (Å²) in [5, 5.41) is 0. The van der Waals surface area contributed by atoms with Gasteiger partial charge in [0.2, 0.25) is 11.8 Å². The molecule has 0 unspecified atom stereocenters. The predicted octanol–water partition coefficient (Wildman–Crippen LogP) is 5.88. The van der Waals surface area contributed by atoms with Gasteiger partial charge in [-0.3, -0.25) is 0 Å². The first-order valence-corrected chi connectivity index (χ1v) is 9.95. The first kappa shape index (κ1) is 20.9. The minimum absolute atomic E-state index is 0.581. The number of hydrogen-bond acceptors (Lipinski definition) is 4. The predicted molar refractivity (Wildman–Crippen MR) is 113 cm³/mol. The molecule has 4 heteroatoms. The average Bonchev–Trinajstić information content (AvgIpc) is 2.71. The Morgan fingerprint density at radius 2 is 1.48 bits per heavy atom. The summed E-state index contributed by atoms with van der Waals surface area (Å²) < 4.78 is 11.4. The Bertz CT molecular complexity index is 750. The summed E-state index contributed by atoms with van der Waals surface area (Å²) in [5.74, 6) is 1.84. The number of aromatic nitrogens is 2. The van der Waals surface area contributed by atoms with Gasteiger partial charge in [-0.05, 0) is 42.4 Å². The molecule has 0 atom stereocenters. The van der Waals surface area contributed by atoms with E-state index < -0.39 is 0 Å². The smallest absolute Gasteiger partial charge is 0.228 e. The number of methoxy groups -OCH3 is 2. The Labute approximate surface area is 163 Å². The van der Waals surface area contributed by atoms with Gasteiger partial charge in [-0.25, -0.2) is 0 Å². The molecule has 1 aromatic carbocycles. The van der Waals surface area contributed by atoms with Crippen molar-refractivity contribution in [2.45, 2.75) is 59.8 Å². The van der Waals surface area contributed by atoms with Crippen molar-refractivity contribution in [2.24, 2.45) is 0 Å². The Hall–Kier alpha value is -2.36. The molecule has 0 radical (unpaired) electrons. The fourth-order valence-corrected chi connectivity index (χ4v) is 3.48. The van der Waals surface area contributed by atoms with Crippen molar-refractivity contribution >= 4 is 5.57 Å². The summed E-state index contributed by atoms with van der Waals surface area (Å²) in [4.78, 5) is 9.64. The monoisotopic (exact) mass is 368 g/mol. The van der Waals surface area contributed by atoms with Crippen LogP contribution in [-0.4, -0.2) is 24.2 Å². The molecular weight excluding hydrogens is 336 g/mol. The Kier molecular flexibility index (Phi) is 7.83. The van der Waals surface area contributed by atoms with Gasteiger partial charge in [0.1, 0.15) is 5.56 Å². The molecule has 0 amide bonds. The van der Waals surface area contributed by atoms with Crippen LogP contribution in [0.15, 0.2) is 24.3 Å². The minimum atomic E-state index is 0.581. The lowest BCUT2D eigenvalue weighted by molar-refractivity contribution is 0.370. The van der Waals surface area contributed by atoms with E-state index in [0.29, 0.717) is 17.6 Å². The summed E-state index contributed by atoms with van der Waals surface area (Å²) in [5.41, 5.74) is 5.63. The summed E-state index contributed by atoms with van der Waals surface area (Å²) >= 11 is 0. The van der Waals surface area contributed by atoms with Crippen molar-refractivity contribution < 1.29 is 9.47 Å². The van der Waals surface area contributed by atoms with E-state index >= 15 is 0 Å². The van der Waals surface area contributed by atoms with Crippen LogP contribution in [0.1, 0.15) is 63.6 Å². The molecule has 0 spiro atoms. The molecule has 0 bridgehead atoms. The number of aryl methyl sites for hydroxylation is 2. The normalized spacial score (nSPS) is 11.6. The van der Waals surface area contributed by atoms with Crippen LogP contribution < -0.4 is 9.47 Å². The highest BCUT2D eigenvalue weighted by Crippen LogP contribution is 2.38. The first-order chi connectivity index (χ1) is 13.1. The van der Waals surface area contributed by atoms with Gasteiger partial charge in [-0.2, -0.15) is 9.97 Å². The second-order valence-corrected chi connectivity index (χ2v) is 6.49. The van der Waals surface area contributed by atoms with E-state index in [9.17, 15) is 0 Å². The number of allylic oxidation sites excluding steroid dienone is 2. The molecule has 1 heterocycles. The highest BCUT2D eigenvalue weighted by atomic mass is 16.5. The number of hydrogen-bond donors (Lipinski definition) is 0. The van der Waals surface area contributed by atoms with Gasteiger partial charge in [-0.1, -0.05) is 58.4 Å². The fraction of sp³-hybridized carbons (Fsp3) is 0.478. The molecule has 0 aliphatic rings. The molecule has 2 rings (SSSR count). The maximum Gasteiger partial charge on any atom is 0.228 e. The largest absolute Gasteiger partial charge is 0.480 e. The topological polar surface area (TPSA) is 44.2 Å². The summed E-state index contributed by atoms with van der Waals surface area (Å²) in [6.07, 6.45) is 6.99. The van der Waals surface area contributed by atoms with Gasteiger partial charge in [0.05, 0.1) is 14.2 Å². The van der Waals surface area contributed by atoms with Crippen LogP contribution in [-0.2, 0) is 12.8 Å². The third kappa shape index (κ3) is 4.49. The van der Waals surface area contributed by atoms with E-state index in [1.807, 2.05) is 0 Å². The van der Waals surface area contributed by atoms with Crippen molar-refractivity contribution in [3.63, 3.8) is 0 Å². The summed E-state index contributed by atoms with van der Waals surface area (Å²) in [6.45, 7) is 8.62. The lowest BCUT2D eigenvalue weighted by Gasteiger charge is -2.18. The molecule has 0 N–H and O–H groups in total. The molecule has 27 heavy (non-hydrogen) atoms. The van der Waals surface area contributed by atoms with Crippen LogP contribution in [0.3, 0.4) is 0 Å². The number of nitrogens with zero attached hydrogens (tertiary/aromatic N) is 2. The van der Waals surface area contributed by atoms with Gasteiger partial charge in [-0.15, -0.1) is 0 Å². The van der Waals surface area contributed by atoms with E-state index in [0.717, 1.165) is 43.2 Å². The Morgan fingerprint density at radius 1 is 0.926 bits per heavy atom. The van der Waals surface area contributed by atoms with Crippen LogP contribution in [0.25, 0.3) is 17.0 Å². The molecule has 0 fully saturated rings. The molecule has 0 aliphatic carbocycles. The number of rotatable bonds is 9.